The third-order valence-electron chi connectivity index (χ3n) is 5.26. The van der Waals surface area contributed by atoms with Crippen LogP contribution in [0.5, 0.6) is 11.5 Å². The number of carbonyl (C=O) groups excluding carboxylic acids is 2. The number of likely N-dealkylation sites (tertiary alicyclic amines) is 1. The van der Waals surface area contributed by atoms with E-state index < -0.39 is 0 Å². The average molecular weight is 396 g/mol. The molecule has 1 aliphatic heterocycles. The molecular formula is C23H28N2O4. The van der Waals surface area contributed by atoms with E-state index in [0.717, 1.165) is 24.8 Å². The van der Waals surface area contributed by atoms with Crippen molar-refractivity contribution in [2.24, 2.45) is 0 Å². The van der Waals surface area contributed by atoms with E-state index >= 15 is 0 Å². The highest BCUT2D eigenvalue weighted by molar-refractivity contribution is 5.98. The second-order valence-electron chi connectivity index (χ2n) is 7.16. The Bertz CT molecular complexity index is 830. The summed E-state index contributed by atoms with van der Waals surface area (Å²) in [6.45, 7) is 1.20. The summed E-state index contributed by atoms with van der Waals surface area (Å²) in [5.41, 5.74) is 1.66. The van der Waals surface area contributed by atoms with Crippen molar-refractivity contribution in [3.05, 3.63) is 59.7 Å². The number of hydrogen-bond donors (Lipinski definition) is 1. The van der Waals surface area contributed by atoms with Gasteiger partial charge >= 0.3 is 0 Å². The van der Waals surface area contributed by atoms with Gasteiger partial charge in [0.05, 0.1) is 19.8 Å². The zero-order chi connectivity index (χ0) is 20.6. The first-order valence-corrected chi connectivity index (χ1v) is 9.96. The van der Waals surface area contributed by atoms with Gasteiger partial charge in [-0.2, -0.15) is 0 Å². The van der Waals surface area contributed by atoms with E-state index in [1.807, 2.05) is 35.2 Å². The maximum atomic E-state index is 12.9. The molecule has 1 fully saturated rings. The van der Waals surface area contributed by atoms with Crippen LogP contribution >= 0.6 is 0 Å². The van der Waals surface area contributed by atoms with Gasteiger partial charge in [-0.15, -0.1) is 0 Å². The smallest absolute Gasteiger partial charge is 0.257 e. The Hall–Kier alpha value is -3.02. The Morgan fingerprint density at radius 2 is 1.72 bits per heavy atom. The molecule has 1 saturated heterocycles. The summed E-state index contributed by atoms with van der Waals surface area (Å²) < 4.78 is 10.7. The highest BCUT2D eigenvalue weighted by Gasteiger charge is 2.27. The molecule has 0 unspecified atom stereocenters. The second kappa shape index (κ2) is 9.96. The number of nitrogens with zero attached hydrogens (tertiary/aromatic N) is 1. The van der Waals surface area contributed by atoms with Gasteiger partial charge in [-0.25, -0.2) is 0 Å². The lowest BCUT2D eigenvalue weighted by atomic mass is 10.0. The van der Waals surface area contributed by atoms with Crippen molar-refractivity contribution < 1.29 is 19.1 Å². The van der Waals surface area contributed by atoms with Gasteiger partial charge in [0.25, 0.3) is 5.91 Å². The molecule has 0 atom stereocenters. The molecule has 0 spiro atoms. The summed E-state index contributed by atoms with van der Waals surface area (Å²) in [4.78, 5) is 27.0. The number of methoxy groups -OCH3 is 2. The molecule has 6 heteroatoms. The maximum Gasteiger partial charge on any atom is 0.257 e. The summed E-state index contributed by atoms with van der Waals surface area (Å²) in [5, 5.41) is 3.11. The van der Waals surface area contributed by atoms with Crippen LogP contribution < -0.4 is 14.8 Å². The molecule has 0 bridgehead atoms. The van der Waals surface area contributed by atoms with Crippen molar-refractivity contribution in [3.8, 4) is 11.5 Å². The maximum absolute atomic E-state index is 12.9. The molecule has 29 heavy (non-hydrogen) atoms. The summed E-state index contributed by atoms with van der Waals surface area (Å²) >= 11 is 0. The number of nitrogens with one attached hydrogen (secondary N) is 1. The van der Waals surface area contributed by atoms with Gasteiger partial charge in [-0.3, -0.25) is 9.59 Å². The summed E-state index contributed by atoms with van der Waals surface area (Å²) in [7, 11) is 3.09. The van der Waals surface area contributed by atoms with Crippen molar-refractivity contribution in [2.75, 3.05) is 27.3 Å². The number of hydrogen-bond acceptors (Lipinski definition) is 4. The molecular weight excluding hydrogens is 368 g/mol. The van der Waals surface area contributed by atoms with E-state index in [4.69, 9.17) is 9.47 Å². The van der Waals surface area contributed by atoms with E-state index in [9.17, 15) is 9.59 Å². The minimum Gasteiger partial charge on any atom is -0.493 e. The van der Waals surface area contributed by atoms with E-state index in [2.05, 4.69) is 5.32 Å². The van der Waals surface area contributed by atoms with Gasteiger partial charge in [-0.05, 0) is 37.0 Å². The Balaban J connectivity index is 1.50. The Morgan fingerprint density at radius 1 is 1.00 bits per heavy atom. The van der Waals surface area contributed by atoms with Gasteiger partial charge in [0.1, 0.15) is 0 Å². The lowest BCUT2D eigenvalue weighted by molar-refractivity contribution is -0.122. The topological polar surface area (TPSA) is 67.9 Å². The molecule has 2 amide bonds. The Kier molecular flexibility index (Phi) is 7.11. The first kappa shape index (κ1) is 20.7. The molecule has 2 aromatic carbocycles. The average Bonchev–Trinajstić information content (AvgIpc) is 2.77. The number of rotatable bonds is 7. The zero-order valence-electron chi connectivity index (χ0n) is 17.0. The molecule has 1 N–H and O–H groups in total. The van der Waals surface area contributed by atoms with Crippen LogP contribution in [0.4, 0.5) is 0 Å². The molecule has 0 saturated carbocycles. The minimum absolute atomic E-state index is 0.0631. The molecule has 1 aliphatic rings. The normalized spacial score (nSPS) is 14.3. The molecule has 1 heterocycles. The number of amides is 2. The van der Waals surface area contributed by atoms with Crippen LogP contribution in [0.1, 0.15) is 35.2 Å². The monoisotopic (exact) mass is 396 g/mol. The van der Waals surface area contributed by atoms with Crippen LogP contribution in [0.2, 0.25) is 0 Å². The molecule has 0 aromatic heterocycles. The second-order valence-corrected chi connectivity index (χ2v) is 7.16. The molecule has 6 nitrogen and oxygen atoms in total. The Morgan fingerprint density at radius 3 is 2.38 bits per heavy atom. The van der Waals surface area contributed by atoms with Crippen LogP contribution in [-0.4, -0.2) is 50.1 Å². The van der Waals surface area contributed by atoms with E-state index in [0.29, 0.717) is 36.6 Å². The van der Waals surface area contributed by atoms with Crippen LogP contribution in [0.15, 0.2) is 48.5 Å². The number of para-hydroxylation sites is 1. The number of carbonyl (C=O) groups is 2. The quantitative estimate of drug-likeness (QED) is 0.781. The van der Waals surface area contributed by atoms with Crippen molar-refractivity contribution in [2.45, 2.75) is 31.7 Å². The van der Waals surface area contributed by atoms with Gasteiger partial charge < -0.3 is 19.7 Å². The lowest BCUT2D eigenvalue weighted by Gasteiger charge is -2.32. The third kappa shape index (κ3) is 5.28. The molecule has 0 aliphatic carbocycles. The third-order valence-corrected chi connectivity index (χ3v) is 5.26. The van der Waals surface area contributed by atoms with E-state index in [1.54, 1.807) is 25.3 Å². The highest BCUT2D eigenvalue weighted by atomic mass is 16.5. The van der Waals surface area contributed by atoms with Crippen LogP contribution in [0.25, 0.3) is 0 Å². The first-order chi connectivity index (χ1) is 14.1. The lowest BCUT2D eigenvalue weighted by Crippen LogP contribution is -2.46. The summed E-state index contributed by atoms with van der Waals surface area (Å²) in [6.07, 6.45) is 2.70. The zero-order valence-corrected chi connectivity index (χ0v) is 17.0. The fourth-order valence-corrected chi connectivity index (χ4v) is 3.66. The summed E-state index contributed by atoms with van der Waals surface area (Å²) in [5.74, 6) is 0.984. The summed E-state index contributed by atoms with van der Waals surface area (Å²) in [6, 6.07) is 15.4. The van der Waals surface area contributed by atoms with Gasteiger partial charge in [0.2, 0.25) is 5.91 Å². The van der Waals surface area contributed by atoms with Crippen molar-refractivity contribution in [3.63, 3.8) is 0 Å². The number of piperidine rings is 1. The fraction of sp³-hybridized carbons (Fsp3) is 0.391. The van der Waals surface area contributed by atoms with Gasteiger partial charge in [-0.1, -0.05) is 36.4 Å². The first-order valence-electron chi connectivity index (χ1n) is 9.96. The van der Waals surface area contributed by atoms with E-state index in [1.165, 1.54) is 7.11 Å². The predicted octanol–water partition coefficient (Wildman–Crippen LogP) is 3.06. The van der Waals surface area contributed by atoms with Crippen LogP contribution in [0.3, 0.4) is 0 Å². The highest BCUT2D eigenvalue weighted by Crippen LogP contribution is 2.32. The largest absolute Gasteiger partial charge is 0.493 e. The molecule has 154 valence electrons. The van der Waals surface area contributed by atoms with Crippen molar-refractivity contribution in [1.82, 2.24) is 10.2 Å². The van der Waals surface area contributed by atoms with Crippen molar-refractivity contribution in [1.29, 1.82) is 0 Å². The molecule has 3 rings (SSSR count). The fourth-order valence-electron chi connectivity index (χ4n) is 3.66. The predicted molar refractivity (Wildman–Crippen MR) is 111 cm³/mol. The minimum atomic E-state index is -0.0744. The standard InChI is InChI=1S/C23H28N2O4/c1-28-20-10-6-9-19(22(20)29-2)23(27)25-15-13-18(14-16-25)24-21(26)12-11-17-7-4-3-5-8-17/h3-10,18H,11-16H2,1-2H3,(H,24,26). The van der Waals surface area contributed by atoms with Gasteiger partial charge in [0, 0.05) is 25.6 Å². The number of ether oxygens (including phenoxy) is 2. The Labute approximate surface area is 171 Å². The SMILES string of the molecule is COc1cccc(C(=O)N2CCC(NC(=O)CCc3ccccc3)CC2)c1OC. The van der Waals surface area contributed by atoms with Crippen LogP contribution in [-0.2, 0) is 11.2 Å². The molecule has 2 aromatic rings. The molecule has 0 radical (unpaired) electrons. The number of aryl methyl sites for hydroxylation is 1. The van der Waals surface area contributed by atoms with E-state index in [-0.39, 0.29) is 17.9 Å². The van der Waals surface area contributed by atoms with Crippen LogP contribution in [0, 0.1) is 0 Å². The van der Waals surface area contributed by atoms with Gasteiger partial charge in [0.15, 0.2) is 11.5 Å². The number of benzene rings is 2. The van der Waals surface area contributed by atoms with Crippen molar-refractivity contribution >= 4 is 11.8 Å².